The smallest absolute Gasteiger partial charge is 0.196 e. The van der Waals surface area contributed by atoms with Gasteiger partial charge in [0.1, 0.15) is 0 Å². The fraction of sp³-hybridized carbons (Fsp3) is 0.273. The molecule has 1 unspecified atom stereocenters. The van der Waals surface area contributed by atoms with Crippen molar-refractivity contribution in [2.45, 2.75) is 13.3 Å². The molecule has 0 radical (unpaired) electrons. The predicted molar refractivity (Wildman–Crippen MR) is 58.5 cm³/mol. The van der Waals surface area contributed by atoms with Crippen LogP contribution < -0.4 is 0 Å². The fourth-order valence-electron chi connectivity index (χ4n) is 1.28. The standard InChI is InChI=1S/C11H12O2S/c1-2-9(11(13)14)10(12)8-6-4-3-5-7-8/h3-7,9H,2H2,1H3,(H,13,14). The van der Waals surface area contributed by atoms with E-state index in [0.29, 0.717) is 12.0 Å². The molecule has 1 rings (SSSR count). The second-order valence-corrected chi connectivity index (χ2v) is 3.47. The number of hydrogen-bond donors (Lipinski definition) is 1. The number of carbonyl (C=O) groups is 2. The van der Waals surface area contributed by atoms with E-state index in [-0.39, 0.29) is 10.9 Å². The molecule has 1 aromatic carbocycles. The molecule has 1 aromatic rings. The van der Waals surface area contributed by atoms with Gasteiger partial charge in [-0.25, -0.2) is 0 Å². The number of Topliss-reactive ketones (excluding diaryl/α,β-unsaturated/α-hetero) is 1. The largest absolute Gasteiger partial charge is 0.293 e. The highest BCUT2D eigenvalue weighted by Crippen LogP contribution is 2.14. The van der Waals surface area contributed by atoms with Gasteiger partial charge in [0.25, 0.3) is 0 Å². The van der Waals surface area contributed by atoms with E-state index in [2.05, 4.69) is 12.6 Å². The Hall–Kier alpha value is -1.09. The number of thiol groups is 1. The summed E-state index contributed by atoms with van der Waals surface area (Å²) in [7, 11) is 0. The highest BCUT2D eigenvalue weighted by Gasteiger charge is 2.22. The molecule has 0 aliphatic rings. The normalized spacial score (nSPS) is 12.1. The zero-order valence-corrected chi connectivity index (χ0v) is 8.83. The van der Waals surface area contributed by atoms with Crippen molar-refractivity contribution in [3.63, 3.8) is 0 Å². The van der Waals surface area contributed by atoms with Crippen LogP contribution in [0, 0.1) is 5.92 Å². The van der Waals surface area contributed by atoms with Gasteiger partial charge >= 0.3 is 0 Å². The molecule has 0 N–H and O–H groups in total. The van der Waals surface area contributed by atoms with Gasteiger partial charge in [-0.2, -0.15) is 0 Å². The van der Waals surface area contributed by atoms with Crippen molar-refractivity contribution in [2.75, 3.05) is 0 Å². The predicted octanol–water partition coefficient (Wildman–Crippen LogP) is 2.35. The van der Waals surface area contributed by atoms with Crippen molar-refractivity contribution in [2.24, 2.45) is 5.92 Å². The van der Waals surface area contributed by atoms with Gasteiger partial charge in [0.2, 0.25) is 0 Å². The Kier molecular flexibility index (Phi) is 3.89. The second-order valence-electron chi connectivity index (χ2n) is 3.03. The van der Waals surface area contributed by atoms with E-state index in [1.165, 1.54) is 0 Å². The summed E-state index contributed by atoms with van der Waals surface area (Å²) in [5, 5.41) is -0.360. The molecule has 0 saturated heterocycles. The summed E-state index contributed by atoms with van der Waals surface area (Å²) in [5.74, 6) is -0.756. The molecule has 0 heterocycles. The molecule has 0 aliphatic carbocycles. The minimum Gasteiger partial charge on any atom is -0.293 e. The lowest BCUT2D eigenvalue weighted by Crippen LogP contribution is -2.19. The third kappa shape index (κ3) is 2.45. The third-order valence-corrected chi connectivity index (χ3v) is 2.39. The van der Waals surface area contributed by atoms with E-state index in [1.54, 1.807) is 31.2 Å². The fourth-order valence-corrected chi connectivity index (χ4v) is 1.58. The molecule has 2 nitrogen and oxygen atoms in total. The molecule has 0 aliphatic heterocycles. The maximum Gasteiger partial charge on any atom is 0.196 e. The van der Waals surface area contributed by atoms with Crippen LogP contribution in [-0.2, 0) is 4.79 Å². The number of benzene rings is 1. The Bertz CT molecular complexity index is 332. The van der Waals surface area contributed by atoms with Crippen molar-refractivity contribution in [3.05, 3.63) is 35.9 Å². The Morgan fingerprint density at radius 3 is 2.29 bits per heavy atom. The van der Waals surface area contributed by atoms with Crippen molar-refractivity contribution in [1.29, 1.82) is 0 Å². The summed E-state index contributed by atoms with van der Waals surface area (Å²) >= 11 is 3.70. The van der Waals surface area contributed by atoms with Crippen LogP contribution in [0.1, 0.15) is 23.7 Å². The Morgan fingerprint density at radius 1 is 1.29 bits per heavy atom. The monoisotopic (exact) mass is 208 g/mol. The number of hydrogen-bond acceptors (Lipinski definition) is 2. The molecular weight excluding hydrogens is 196 g/mol. The van der Waals surface area contributed by atoms with Gasteiger partial charge in [-0.3, -0.25) is 9.59 Å². The lowest BCUT2D eigenvalue weighted by molar-refractivity contribution is -0.113. The van der Waals surface area contributed by atoms with Gasteiger partial charge in [-0.05, 0) is 6.42 Å². The maximum atomic E-state index is 11.7. The number of rotatable bonds is 4. The first kappa shape index (κ1) is 11.0. The number of ketones is 1. The van der Waals surface area contributed by atoms with E-state index in [9.17, 15) is 9.59 Å². The molecule has 14 heavy (non-hydrogen) atoms. The first-order valence-electron chi connectivity index (χ1n) is 4.49. The van der Waals surface area contributed by atoms with E-state index in [4.69, 9.17) is 0 Å². The minimum absolute atomic E-state index is 0.145. The van der Waals surface area contributed by atoms with E-state index in [0.717, 1.165) is 0 Å². The molecular formula is C11H12O2S. The first-order valence-corrected chi connectivity index (χ1v) is 4.93. The summed E-state index contributed by atoms with van der Waals surface area (Å²) in [4.78, 5) is 22.8. The van der Waals surface area contributed by atoms with Crippen molar-refractivity contribution >= 4 is 23.5 Å². The second kappa shape index (κ2) is 4.96. The molecule has 74 valence electrons. The van der Waals surface area contributed by atoms with Gasteiger partial charge in [0.15, 0.2) is 10.9 Å². The highest BCUT2D eigenvalue weighted by atomic mass is 32.1. The van der Waals surface area contributed by atoms with E-state index in [1.807, 2.05) is 6.07 Å². The third-order valence-electron chi connectivity index (χ3n) is 2.08. The minimum atomic E-state index is -0.610. The lowest BCUT2D eigenvalue weighted by Gasteiger charge is -2.08. The molecule has 3 heteroatoms. The van der Waals surface area contributed by atoms with Crippen LogP contribution in [0.15, 0.2) is 30.3 Å². The highest BCUT2D eigenvalue weighted by molar-refractivity contribution is 7.96. The zero-order chi connectivity index (χ0) is 10.6. The van der Waals surface area contributed by atoms with Crippen LogP contribution in [-0.4, -0.2) is 10.9 Å². The van der Waals surface area contributed by atoms with Crippen molar-refractivity contribution in [3.8, 4) is 0 Å². The zero-order valence-electron chi connectivity index (χ0n) is 7.93. The average Bonchev–Trinajstić information content (AvgIpc) is 2.19. The summed E-state index contributed by atoms with van der Waals surface area (Å²) in [5.41, 5.74) is 0.571. The quantitative estimate of drug-likeness (QED) is 0.468. The van der Waals surface area contributed by atoms with Crippen LogP contribution in [0.25, 0.3) is 0 Å². The molecule has 0 aromatic heterocycles. The summed E-state index contributed by atoms with van der Waals surface area (Å²) in [6.07, 6.45) is 0.496. The van der Waals surface area contributed by atoms with Gasteiger partial charge in [-0.15, -0.1) is 12.6 Å². The molecule has 0 bridgehead atoms. The Balaban J connectivity index is 2.89. The molecule has 0 amide bonds. The van der Waals surface area contributed by atoms with Crippen molar-refractivity contribution < 1.29 is 9.59 Å². The summed E-state index contributed by atoms with van der Waals surface area (Å²) in [6.45, 7) is 1.81. The Labute approximate surface area is 88.7 Å². The topological polar surface area (TPSA) is 34.1 Å². The van der Waals surface area contributed by atoms with Gasteiger partial charge in [0.05, 0.1) is 5.92 Å². The van der Waals surface area contributed by atoms with Crippen LogP contribution in [0.3, 0.4) is 0 Å². The van der Waals surface area contributed by atoms with Crippen LogP contribution >= 0.6 is 12.6 Å². The summed E-state index contributed by atoms with van der Waals surface area (Å²) in [6, 6.07) is 8.82. The lowest BCUT2D eigenvalue weighted by atomic mass is 9.96. The van der Waals surface area contributed by atoms with Crippen LogP contribution in [0.4, 0.5) is 0 Å². The Morgan fingerprint density at radius 2 is 1.86 bits per heavy atom. The molecule has 0 fully saturated rings. The average molecular weight is 208 g/mol. The van der Waals surface area contributed by atoms with Crippen LogP contribution in [0.2, 0.25) is 0 Å². The molecule has 0 spiro atoms. The first-order chi connectivity index (χ1) is 6.66. The van der Waals surface area contributed by atoms with Crippen LogP contribution in [0.5, 0.6) is 0 Å². The maximum absolute atomic E-state index is 11.7. The van der Waals surface area contributed by atoms with Crippen molar-refractivity contribution in [1.82, 2.24) is 0 Å². The summed E-state index contributed by atoms with van der Waals surface area (Å²) < 4.78 is 0. The van der Waals surface area contributed by atoms with Gasteiger partial charge < -0.3 is 0 Å². The molecule has 0 saturated carbocycles. The van der Waals surface area contributed by atoms with Gasteiger partial charge in [-0.1, -0.05) is 37.3 Å². The SMILES string of the molecule is CCC(C(=O)S)C(=O)c1ccccc1. The molecule has 1 atom stereocenters. The van der Waals surface area contributed by atoms with Gasteiger partial charge in [0, 0.05) is 5.56 Å². The van der Waals surface area contributed by atoms with E-state index < -0.39 is 5.92 Å². The number of carbonyl (C=O) groups excluding carboxylic acids is 2. The van der Waals surface area contributed by atoms with E-state index >= 15 is 0 Å².